The average molecular weight is 387 g/mol. The summed E-state index contributed by atoms with van der Waals surface area (Å²) in [5.41, 5.74) is 3.26. The molecule has 2 heterocycles. The SMILES string of the molecule is Cc1cccc(C(C)C)c1NC(=O)CN(Cc1cccs1)C[C@@H]1CCCO1. The van der Waals surface area contributed by atoms with Gasteiger partial charge < -0.3 is 10.1 Å². The summed E-state index contributed by atoms with van der Waals surface area (Å²) in [6, 6.07) is 10.4. The summed E-state index contributed by atoms with van der Waals surface area (Å²) >= 11 is 1.73. The number of aryl methyl sites for hydroxylation is 1. The molecule has 1 aliphatic heterocycles. The van der Waals surface area contributed by atoms with Crippen molar-refractivity contribution in [1.82, 2.24) is 4.90 Å². The number of hydrogen-bond donors (Lipinski definition) is 1. The minimum absolute atomic E-state index is 0.0424. The molecule has 0 spiro atoms. The average Bonchev–Trinajstić information content (AvgIpc) is 3.30. The van der Waals surface area contributed by atoms with Gasteiger partial charge in [-0.05, 0) is 48.3 Å². The third kappa shape index (κ3) is 5.64. The van der Waals surface area contributed by atoms with Crippen LogP contribution in [0.4, 0.5) is 5.69 Å². The maximum atomic E-state index is 12.9. The number of carbonyl (C=O) groups is 1. The van der Waals surface area contributed by atoms with Crippen molar-refractivity contribution >= 4 is 22.9 Å². The monoisotopic (exact) mass is 386 g/mol. The van der Waals surface area contributed by atoms with Crippen LogP contribution in [0, 0.1) is 6.92 Å². The van der Waals surface area contributed by atoms with Crippen LogP contribution in [-0.4, -0.2) is 36.6 Å². The minimum atomic E-state index is 0.0424. The molecular formula is C22H30N2O2S. The molecule has 27 heavy (non-hydrogen) atoms. The molecular weight excluding hydrogens is 356 g/mol. The second-order valence-electron chi connectivity index (χ2n) is 7.63. The van der Waals surface area contributed by atoms with Crippen LogP contribution in [-0.2, 0) is 16.1 Å². The molecule has 1 amide bonds. The molecule has 1 atom stereocenters. The zero-order valence-corrected chi connectivity index (χ0v) is 17.3. The Morgan fingerprint density at radius 2 is 2.19 bits per heavy atom. The van der Waals surface area contributed by atoms with Gasteiger partial charge in [-0.15, -0.1) is 11.3 Å². The zero-order valence-electron chi connectivity index (χ0n) is 16.5. The van der Waals surface area contributed by atoms with Gasteiger partial charge in [-0.3, -0.25) is 9.69 Å². The molecule has 1 saturated heterocycles. The van der Waals surface area contributed by atoms with E-state index in [4.69, 9.17) is 4.74 Å². The predicted octanol–water partition coefficient (Wildman–Crippen LogP) is 4.80. The van der Waals surface area contributed by atoms with Gasteiger partial charge in [0.15, 0.2) is 0 Å². The van der Waals surface area contributed by atoms with E-state index in [1.807, 2.05) is 0 Å². The topological polar surface area (TPSA) is 41.6 Å². The van der Waals surface area contributed by atoms with Crippen molar-refractivity contribution in [3.05, 3.63) is 51.7 Å². The number of nitrogens with zero attached hydrogens (tertiary/aromatic N) is 1. The Kier molecular flexibility index (Phi) is 7.05. The van der Waals surface area contributed by atoms with Gasteiger partial charge in [0.1, 0.15) is 0 Å². The molecule has 1 aliphatic rings. The Balaban J connectivity index is 1.68. The second-order valence-corrected chi connectivity index (χ2v) is 8.66. The Bertz CT molecular complexity index is 737. The quantitative estimate of drug-likeness (QED) is 0.708. The van der Waals surface area contributed by atoms with Crippen LogP contribution in [0.5, 0.6) is 0 Å². The van der Waals surface area contributed by atoms with Crippen LogP contribution in [0.3, 0.4) is 0 Å². The van der Waals surface area contributed by atoms with E-state index in [1.54, 1.807) is 11.3 Å². The van der Waals surface area contributed by atoms with Gasteiger partial charge in [0.05, 0.1) is 12.6 Å². The second kappa shape index (κ2) is 9.49. The molecule has 1 aromatic heterocycles. The number of nitrogens with one attached hydrogen (secondary N) is 1. The van der Waals surface area contributed by atoms with Gasteiger partial charge in [-0.2, -0.15) is 0 Å². The molecule has 0 unspecified atom stereocenters. The first-order valence-electron chi connectivity index (χ1n) is 9.78. The highest BCUT2D eigenvalue weighted by molar-refractivity contribution is 7.09. The van der Waals surface area contributed by atoms with Gasteiger partial charge in [0.2, 0.25) is 5.91 Å². The Hall–Kier alpha value is -1.69. The summed E-state index contributed by atoms with van der Waals surface area (Å²) < 4.78 is 5.80. The van der Waals surface area contributed by atoms with Gasteiger partial charge in [0.25, 0.3) is 0 Å². The first-order chi connectivity index (χ1) is 13.0. The fourth-order valence-corrected chi connectivity index (χ4v) is 4.35. The maximum Gasteiger partial charge on any atom is 0.238 e. The number of ether oxygens (including phenoxy) is 1. The molecule has 1 N–H and O–H groups in total. The summed E-state index contributed by atoms with van der Waals surface area (Å²) in [5, 5.41) is 5.26. The lowest BCUT2D eigenvalue weighted by Crippen LogP contribution is -2.38. The third-order valence-electron chi connectivity index (χ3n) is 5.00. The number of anilines is 1. The number of carbonyl (C=O) groups excluding carboxylic acids is 1. The van der Waals surface area contributed by atoms with Gasteiger partial charge >= 0.3 is 0 Å². The van der Waals surface area contributed by atoms with E-state index in [2.05, 4.69) is 66.7 Å². The van der Waals surface area contributed by atoms with E-state index in [1.165, 1.54) is 10.4 Å². The lowest BCUT2D eigenvalue weighted by Gasteiger charge is -2.25. The van der Waals surface area contributed by atoms with E-state index in [0.717, 1.165) is 43.8 Å². The molecule has 3 rings (SSSR count). The molecule has 0 aliphatic carbocycles. The summed E-state index contributed by atoms with van der Waals surface area (Å²) in [7, 11) is 0. The maximum absolute atomic E-state index is 12.9. The molecule has 5 heteroatoms. The molecule has 1 aromatic carbocycles. The number of hydrogen-bond acceptors (Lipinski definition) is 4. The highest BCUT2D eigenvalue weighted by Crippen LogP contribution is 2.27. The van der Waals surface area contributed by atoms with E-state index in [0.29, 0.717) is 12.5 Å². The van der Waals surface area contributed by atoms with Crippen molar-refractivity contribution < 1.29 is 9.53 Å². The molecule has 0 radical (unpaired) electrons. The van der Waals surface area contributed by atoms with Crippen molar-refractivity contribution in [1.29, 1.82) is 0 Å². The van der Waals surface area contributed by atoms with Crippen LogP contribution in [0.15, 0.2) is 35.7 Å². The standard InChI is InChI=1S/C22H30N2O2S/c1-16(2)20-10-4-7-17(3)22(20)23-21(25)15-24(13-18-8-5-11-26-18)14-19-9-6-12-27-19/h4,6-7,9-10,12,16,18H,5,8,11,13-15H2,1-3H3,(H,23,25)/t18-/m0/s1. The highest BCUT2D eigenvalue weighted by atomic mass is 32.1. The first-order valence-corrected chi connectivity index (χ1v) is 10.7. The Morgan fingerprint density at radius 3 is 2.85 bits per heavy atom. The number of amides is 1. The minimum Gasteiger partial charge on any atom is -0.377 e. The van der Waals surface area contributed by atoms with Gasteiger partial charge in [-0.25, -0.2) is 0 Å². The molecule has 1 fully saturated rings. The van der Waals surface area contributed by atoms with Crippen molar-refractivity contribution in [2.75, 3.05) is 25.0 Å². The van der Waals surface area contributed by atoms with E-state index in [-0.39, 0.29) is 12.0 Å². The first kappa shape index (κ1) is 20.1. The molecule has 2 aromatic rings. The van der Waals surface area contributed by atoms with Crippen molar-refractivity contribution in [2.24, 2.45) is 0 Å². The number of benzene rings is 1. The molecule has 4 nitrogen and oxygen atoms in total. The van der Waals surface area contributed by atoms with E-state index in [9.17, 15) is 4.79 Å². The normalized spacial score (nSPS) is 17.0. The number of rotatable bonds is 8. The molecule has 0 bridgehead atoms. The van der Waals surface area contributed by atoms with Crippen molar-refractivity contribution in [3.8, 4) is 0 Å². The van der Waals surface area contributed by atoms with Crippen LogP contribution in [0.25, 0.3) is 0 Å². The fourth-order valence-electron chi connectivity index (χ4n) is 3.61. The number of thiophene rings is 1. The number of para-hydroxylation sites is 1. The van der Waals surface area contributed by atoms with Crippen molar-refractivity contribution in [2.45, 2.75) is 52.2 Å². The summed E-state index contributed by atoms with van der Waals surface area (Å²) in [6.07, 6.45) is 2.44. The lowest BCUT2D eigenvalue weighted by molar-refractivity contribution is -0.117. The van der Waals surface area contributed by atoms with Crippen LogP contribution >= 0.6 is 11.3 Å². The Labute approximate surface area is 166 Å². The van der Waals surface area contributed by atoms with Crippen molar-refractivity contribution in [3.63, 3.8) is 0 Å². The summed E-state index contributed by atoms with van der Waals surface area (Å²) in [5.74, 6) is 0.412. The summed E-state index contributed by atoms with van der Waals surface area (Å²) in [6.45, 7) is 9.17. The summed E-state index contributed by atoms with van der Waals surface area (Å²) in [4.78, 5) is 16.4. The third-order valence-corrected chi connectivity index (χ3v) is 5.87. The lowest BCUT2D eigenvalue weighted by atomic mass is 9.98. The highest BCUT2D eigenvalue weighted by Gasteiger charge is 2.22. The van der Waals surface area contributed by atoms with Crippen LogP contribution < -0.4 is 5.32 Å². The van der Waals surface area contributed by atoms with Gasteiger partial charge in [-0.1, -0.05) is 38.1 Å². The predicted molar refractivity (Wildman–Crippen MR) is 112 cm³/mol. The largest absolute Gasteiger partial charge is 0.377 e. The molecule has 0 saturated carbocycles. The fraction of sp³-hybridized carbons (Fsp3) is 0.500. The zero-order chi connectivity index (χ0) is 19.2. The smallest absolute Gasteiger partial charge is 0.238 e. The molecule has 146 valence electrons. The van der Waals surface area contributed by atoms with Gasteiger partial charge in [0, 0.05) is 30.3 Å². The van der Waals surface area contributed by atoms with E-state index < -0.39 is 0 Å². The van der Waals surface area contributed by atoms with Crippen LogP contribution in [0.2, 0.25) is 0 Å². The Morgan fingerprint density at radius 1 is 1.33 bits per heavy atom. The van der Waals surface area contributed by atoms with Crippen LogP contribution in [0.1, 0.15) is 48.6 Å². The van der Waals surface area contributed by atoms with E-state index >= 15 is 0 Å².